The Balaban J connectivity index is 2.10. The van der Waals surface area contributed by atoms with Gasteiger partial charge in [-0.25, -0.2) is 9.98 Å². The van der Waals surface area contributed by atoms with Crippen molar-refractivity contribution in [2.75, 3.05) is 33.1 Å². The maximum Gasteiger partial charge on any atom is 0.233 e. The molecular weight excluding hydrogens is 394 g/mol. The predicted molar refractivity (Wildman–Crippen MR) is 108 cm³/mol. The van der Waals surface area contributed by atoms with Crippen LogP contribution in [0.15, 0.2) is 11.3 Å². The van der Waals surface area contributed by atoms with Crippen LogP contribution in [0.1, 0.15) is 20.1 Å². The van der Waals surface area contributed by atoms with Crippen molar-refractivity contribution >= 4 is 35.2 Å². The SMILES string of the molecule is COC1C(O)C(CO)OC1n1cnc2c(N=CN(C)C)nc(NC(=O)C(C)C)nc21. The Hall–Kier alpha value is -2.67. The predicted octanol–water partition coefficient (Wildman–Crippen LogP) is -0.0922. The minimum atomic E-state index is -1.03. The van der Waals surface area contributed by atoms with E-state index >= 15 is 0 Å². The highest BCUT2D eigenvalue weighted by Gasteiger charge is 2.45. The van der Waals surface area contributed by atoms with Crippen LogP contribution >= 0.6 is 0 Å². The summed E-state index contributed by atoms with van der Waals surface area (Å²) < 4.78 is 12.7. The van der Waals surface area contributed by atoms with Crippen molar-refractivity contribution in [3.8, 4) is 0 Å². The van der Waals surface area contributed by atoms with Crippen LogP contribution in [0.4, 0.5) is 11.8 Å². The molecule has 2 aromatic rings. The van der Waals surface area contributed by atoms with E-state index in [9.17, 15) is 15.0 Å². The summed E-state index contributed by atoms with van der Waals surface area (Å²) in [4.78, 5) is 31.3. The fraction of sp³-hybridized carbons (Fsp3) is 0.611. The quantitative estimate of drug-likeness (QED) is 0.412. The number of methoxy groups -OCH3 is 1. The number of hydrogen-bond donors (Lipinski definition) is 3. The molecule has 0 saturated carbocycles. The van der Waals surface area contributed by atoms with Crippen molar-refractivity contribution in [1.29, 1.82) is 0 Å². The molecule has 1 amide bonds. The number of imidazole rings is 1. The van der Waals surface area contributed by atoms with Crippen LogP contribution in [0.25, 0.3) is 11.2 Å². The van der Waals surface area contributed by atoms with Crippen molar-refractivity contribution < 1.29 is 24.5 Å². The first kappa shape index (κ1) is 22.0. The van der Waals surface area contributed by atoms with Crippen LogP contribution in [-0.4, -0.2) is 93.0 Å². The Labute approximate surface area is 173 Å². The van der Waals surface area contributed by atoms with Gasteiger partial charge >= 0.3 is 0 Å². The second kappa shape index (κ2) is 9.00. The number of ether oxygens (including phenoxy) is 2. The number of aliphatic hydroxyl groups excluding tert-OH is 2. The number of rotatable bonds is 7. The molecule has 164 valence electrons. The van der Waals surface area contributed by atoms with Crippen LogP contribution in [0.5, 0.6) is 0 Å². The van der Waals surface area contributed by atoms with Crippen LogP contribution < -0.4 is 5.32 Å². The third kappa shape index (κ3) is 4.26. The number of nitrogens with one attached hydrogen (secondary N) is 1. The average molecular weight is 421 g/mol. The van der Waals surface area contributed by atoms with Crippen LogP contribution in [0.2, 0.25) is 0 Å². The maximum absolute atomic E-state index is 12.2. The molecule has 4 atom stereocenters. The molecule has 0 bridgehead atoms. The summed E-state index contributed by atoms with van der Waals surface area (Å²) in [5.74, 6) is -0.178. The Bertz CT molecular complexity index is 929. The number of carbonyl (C=O) groups is 1. The van der Waals surface area contributed by atoms with E-state index in [0.29, 0.717) is 11.2 Å². The highest BCUT2D eigenvalue weighted by Crippen LogP contribution is 2.34. The van der Waals surface area contributed by atoms with Gasteiger partial charge in [-0.05, 0) is 0 Å². The van der Waals surface area contributed by atoms with Gasteiger partial charge in [0.15, 0.2) is 23.2 Å². The van der Waals surface area contributed by atoms with Crippen LogP contribution in [0, 0.1) is 5.92 Å². The second-order valence-corrected chi connectivity index (χ2v) is 7.49. The molecule has 0 radical (unpaired) electrons. The fourth-order valence-corrected chi connectivity index (χ4v) is 3.01. The van der Waals surface area contributed by atoms with Gasteiger partial charge in [0.2, 0.25) is 11.9 Å². The van der Waals surface area contributed by atoms with Gasteiger partial charge in [-0.2, -0.15) is 9.97 Å². The monoisotopic (exact) mass is 421 g/mol. The van der Waals surface area contributed by atoms with E-state index in [1.165, 1.54) is 13.4 Å². The first-order chi connectivity index (χ1) is 14.3. The first-order valence-electron chi connectivity index (χ1n) is 9.50. The Morgan fingerprint density at radius 2 is 2.20 bits per heavy atom. The molecule has 1 fully saturated rings. The zero-order chi connectivity index (χ0) is 22.0. The summed E-state index contributed by atoms with van der Waals surface area (Å²) in [6.07, 6.45) is -0.352. The minimum Gasteiger partial charge on any atom is -0.394 e. The van der Waals surface area contributed by atoms with Gasteiger partial charge in [-0.3, -0.25) is 14.7 Å². The van der Waals surface area contributed by atoms with Crippen LogP contribution in [0.3, 0.4) is 0 Å². The molecule has 1 saturated heterocycles. The Morgan fingerprint density at radius 1 is 1.47 bits per heavy atom. The lowest BCUT2D eigenvalue weighted by molar-refractivity contribution is -0.118. The van der Waals surface area contributed by atoms with Crippen molar-refractivity contribution in [3.63, 3.8) is 0 Å². The molecule has 12 heteroatoms. The highest BCUT2D eigenvalue weighted by molar-refractivity contribution is 5.92. The maximum atomic E-state index is 12.2. The number of carbonyl (C=O) groups excluding carboxylic acids is 1. The molecule has 1 aliphatic rings. The Kier molecular flexibility index (Phi) is 6.61. The number of nitrogens with zero attached hydrogens (tertiary/aromatic N) is 6. The molecule has 0 aliphatic carbocycles. The summed E-state index contributed by atoms with van der Waals surface area (Å²) in [6.45, 7) is 3.15. The van der Waals surface area contributed by atoms with Gasteiger partial charge in [0.1, 0.15) is 18.3 Å². The molecule has 30 heavy (non-hydrogen) atoms. The summed E-state index contributed by atoms with van der Waals surface area (Å²) in [5.41, 5.74) is 0.726. The minimum absolute atomic E-state index is 0.0695. The third-order valence-electron chi connectivity index (χ3n) is 4.61. The van der Waals surface area contributed by atoms with E-state index in [1.54, 1.807) is 29.7 Å². The number of anilines is 1. The van der Waals surface area contributed by atoms with Crippen molar-refractivity contribution in [2.24, 2.45) is 10.9 Å². The fourth-order valence-electron chi connectivity index (χ4n) is 3.01. The molecule has 3 heterocycles. The van der Waals surface area contributed by atoms with Crippen LogP contribution in [-0.2, 0) is 14.3 Å². The standard InChI is InChI=1S/C18H27N7O5/c1-9(2)16(28)23-18-21-14(20-7-24(3)4)11-15(22-18)25(8-19-11)17-13(29-5)12(27)10(6-26)30-17/h7-10,12-13,17,26-27H,6H2,1-5H3,(H,21,22,23,28). The smallest absolute Gasteiger partial charge is 0.233 e. The Morgan fingerprint density at radius 3 is 2.80 bits per heavy atom. The van der Waals surface area contributed by atoms with E-state index in [0.717, 1.165) is 0 Å². The molecule has 3 N–H and O–H groups in total. The van der Waals surface area contributed by atoms with Gasteiger partial charge in [0.25, 0.3) is 0 Å². The summed E-state index contributed by atoms with van der Waals surface area (Å²) in [6, 6.07) is 0. The molecule has 4 unspecified atom stereocenters. The number of aromatic nitrogens is 4. The molecule has 3 rings (SSSR count). The van der Waals surface area contributed by atoms with Gasteiger partial charge in [0, 0.05) is 27.1 Å². The molecule has 0 aromatic carbocycles. The first-order valence-corrected chi connectivity index (χ1v) is 9.50. The van der Waals surface area contributed by atoms with Gasteiger partial charge in [0.05, 0.1) is 19.3 Å². The zero-order valence-corrected chi connectivity index (χ0v) is 17.6. The lowest BCUT2D eigenvalue weighted by atomic mass is 10.1. The number of fused-ring (bicyclic) bond motifs is 1. The largest absolute Gasteiger partial charge is 0.394 e. The van der Waals surface area contributed by atoms with E-state index in [-0.39, 0.29) is 30.2 Å². The lowest BCUT2D eigenvalue weighted by Crippen LogP contribution is -2.34. The highest BCUT2D eigenvalue weighted by atomic mass is 16.6. The van der Waals surface area contributed by atoms with Gasteiger partial charge in [-0.15, -0.1) is 0 Å². The number of aliphatic hydroxyl groups is 2. The van der Waals surface area contributed by atoms with Crippen molar-refractivity contribution in [1.82, 2.24) is 24.4 Å². The molecule has 2 aromatic heterocycles. The lowest BCUT2D eigenvalue weighted by Gasteiger charge is -2.20. The molecular formula is C18H27N7O5. The van der Waals surface area contributed by atoms with Crippen molar-refractivity contribution in [3.05, 3.63) is 6.33 Å². The van der Waals surface area contributed by atoms with Gasteiger partial charge < -0.3 is 24.6 Å². The van der Waals surface area contributed by atoms with E-state index in [2.05, 4.69) is 25.3 Å². The van der Waals surface area contributed by atoms with E-state index < -0.39 is 24.5 Å². The number of amides is 1. The summed E-state index contributed by atoms with van der Waals surface area (Å²) >= 11 is 0. The van der Waals surface area contributed by atoms with Crippen molar-refractivity contribution in [2.45, 2.75) is 38.4 Å². The summed E-state index contributed by atoms with van der Waals surface area (Å²) in [5, 5.41) is 22.5. The number of aliphatic imine (C=N–C) groups is 1. The van der Waals surface area contributed by atoms with E-state index in [4.69, 9.17) is 9.47 Å². The summed E-state index contributed by atoms with van der Waals surface area (Å²) in [7, 11) is 5.07. The molecule has 12 nitrogen and oxygen atoms in total. The third-order valence-corrected chi connectivity index (χ3v) is 4.61. The van der Waals surface area contributed by atoms with E-state index in [1.807, 2.05) is 14.1 Å². The zero-order valence-electron chi connectivity index (χ0n) is 17.6. The normalized spacial score (nSPS) is 24.3. The molecule has 0 spiro atoms. The topological polar surface area (TPSA) is 147 Å². The number of hydrogen-bond acceptors (Lipinski definition) is 9. The van der Waals surface area contributed by atoms with Gasteiger partial charge in [-0.1, -0.05) is 13.8 Å². The second-order valence-electron chi connectivity index (χ2n) is 7.49. The average Bonchev–Trinajstić information content (AvgIpc) is 3.26. The molecule has 1 aliphatic heterocycles.